The first kappa shape index (κ1) is 19.4. The average molecular weight is 394 g/mol. The van der Waals surface area contributed by atoms with Crippen molar-refractivity contribution >= 4 is 11.8 Å². The summed E-state index contributed by atoms with van der Waals surface area (Å²) in [4.78, 5) is 38.0. The molecule has 7 nitrogen and oxygen atoms in total. The molecule has 0 N–H and O–H groups in total. The molecule has 0 aliphatic carbocycles. The van der Waals surface area contributed by atoms with Crippen LogP contribution in [0.2, 0.25) is 0 Å². The fourth-order valence-electron chi connectivity index (χ4n) is 4.23. The van der Waals surface area contributed by atoms with Gasteiger partial charge in [-0.15, -0.1) is 0 Å². The molecule has 2 aromatic rings. The van der Waals surface area contributed by atoms with Crippen LogP contribution in [-0.4, -0.2) is 51.8 Å². The molecule has 1 fully saturated rings. The van der Waals surface area contributed by atoms with Crippen LogP contribution in [-0.2, 0) is 17.8 Å². The summed E-state index contributed by atoms with van der Waals surface area (Å²) in [7, 11) is 1.57. The first-order chi connectivity index (χ1) is 14.1. The quantitative estimate of drug-likeness (QED) is 0.800. The summed E-state index contributed by atoms with van der Waals surface area (Å²) in [5, 5.41) is 0. The lowest BCUT2D eigenvalue weighted by molar-refractivity contribution is -0.132. The first-order valence-electron chi connectivity index (χ1n) is 10.1. The van der Waals surface area contributed by atoms with Gasteiger partial charge in [-0.2, -0.15) is 0 Å². The molecule has 3 heterocycles. The smallest absolute Gasteiger partial charge is 0.257 e. The number of hydrogen-bond acceptors (Lipinski definition) is 5. The second kappa shape index (κ2) is 8.19. The standard InChI is InChI=1S/C22H26N4O3/c1-15(27)26-11-6-5-8-19(26)21-23-13-16-14-25(12-10-18(16)24-21)22(28)17-7-3-4-9-20(17)29-2/h3-4,7,9,13,19H,5-6,8,10-12,14H2,1-2H3/t19-/m0/s1. The molecule has 0 unspecified atom stereocenters. The van der Waals surface area contributed by atoms with Crippen molar-refractivity contribution in [3.8, 4) is 5.75 Å². The lowest BCUT2D eigenvalue weighted by Gasteiger charge is -2.35. The van der Waals surface area contributed by atoms with Crippen LogP contribution < -0.4 is 4.74 Å². The maximum atomic E-state index is 13.0. The predicted octanol–water partition coefficient (Wildman–Crippen LogP) is 2.76. The van der Waals surface area contributed by atoms with Gasteiger partial charge in [-0.05, 0) is 31.4 Å². The summed E-state index contributed by atoms with van der Waals surface area (Å²) >= 11 is 0. The molecule has 0 bridgehead atoms. The summed E-state index contributed by atoms with van der Waals surface area (Å²) in [6.45, 7) is 3.45. The fraction of sp³-hybridized carbons (Fsp3) is 0.455. The highest BCUT2D eigenvalue weighted by Gasteiger charge is 2.30. The van der Waals surface area contributed by atoms with Crippen LogP contribution in [0.4, 0.5) is 0 Å². The average Bonchev–Trinajstić information content (AvgIpc) is 2.77. The molecule has 2 aliphatic heterocycles. The topological polar surface area (TPSA) is 75.6 Å². The summed E-state index contributed by atoms with van der Waals surface area (Å²) in [5.41, 5.74) is 2.51. The number of fused-ring (bicyclic) bond motifs is 1. The number of aromatic nitrogens is 2. The molecule has 152 valence electrons. The van der Waals surface area contributed by atoms with E-state index < -0.39 is 0 Å². The molecule has 1 atom stereocenters. The third-order valence-corrected chi connectivity index (χ3v) is 5.78. The van der Waals surface area contributed by atoms with Crippen molar-refractivity contribution in [2.75, 3.05) is 20.2 Å². The highest BCUT2D eigenvalue weighted by molar-refractivity contribution is 5.97. The van der Waals surface area contributed by atoms with Gasteiger partial charge in [0.15, 0.2) is 5.82 Å². The van der Waals surface area contributed by atoms with E-state index in [1.807, 2.05) is 28.1 Å². The maximum Gasteiger partial charge on any atom is 0.257 e. The Bertz CT molecular complexity index is 930. The number of carbonyl (C=O) groups excluding carboxylic acids is 2. The Hall–Kier alpha value is -2.96. The van der Waals surface area contributed by atoms with Crippen LogP contribution >= 0.6 is 0 Å². The van der Waals surface area contributed by atoms with E-state index in [-0.39, 0.29) is 17.9 Å². The molecule has 1 aromatic heterocycles. The number of likely N-dealkylation sites (tertiary alicyclic amines) is 1. The number of rotatable bonds is 3. The first-order valence-corrected chi connectivity index (χ1v) is 10.1. The van der Waals surface area contributed by atoms with E-state index in [1.54, 1.807) is 26.2 Å². The predicted molar refractivity (Wildman–Crippen MR) is 107 cm³/mol. The Kier molecular flexibility index (Phi) is 5.47. The SMILES string of the molecule is COc1ccccc1C(=O)N1CCc2nc([C@@H]3CCCCN3C(C)=O)ncc2C1. The molecular formula is C22H26N4O3. The minimum Gasteiger partial charge on any atom is -0.496 e. The van der Waals surface area contributed by atoms with Crippen molar-refractivity contribution in [1.82, 2.24) is 19.8 Å². The van der Waals surface area contributed by atoms with Crippen molar-refractivity contribution < 1.29 is 14.3 Å². The highest BCUT2D eigenvalue weighted by atomic mass is 16.5. The van der Waals surface area contributed by atoms with E-state index in [2.05, 4.69) is 4.98 Å². The van der Waals surface area contributed by atoms with Crippen LogP contribution in [0.3, 0.4) is 0 Å². The van der Waals surface area contributed by atoms with Crippen molar-refractivity contribution in [1.29, 1.82) is 0 Å². The number of amides is 2. The van der Waals surface area contributed by atoms with Crippen LogP contribution in [0.15, 0.2) is 30.5 Å². The van der Waals surface area contributed by atoms with Gasteiger partial charge in [-0.1, -0.05) is 12.1 Å². The molecule has 2 aliphatic rings. The molecular weight excluding hydrogens is 368 g/mol. The minimum atomic E-state index is -0.0489. The zero-order chi connectivity index (χ0) is 20.4. The number of benzene rings is 1. The number of hydrogen-bond donors (Lipinski definition) is 0. The Morgan fingerprint density at radius 3 is 2.79 bits per heavy atom. The number of para-hydroxylation sites is 1. The van der Waals surface area contributed by atoms with Gasteiger partial charge < -0.3 is 14.5 Å². The summed E-state index contributed by atoms with van der Waals surface area (Å²) < 4.78 is 5.33. The van der Waals surface area contributed by atoms with Crippen LogP contribution in [0.1, 0.15) is 59.7 Å². The second-order valence-electron chi connectivity index (χ2n) is 7.60. The molecule has 7 heteroatoms. The summed E-state index contributed by atoms with van der Waals surface area (Å²) in [5.74, 6) is 1.33. The van der Waals surface area contributed by atoms with E-state index in [0.29, 0.717) is 30.8 Å². The van der Waals surface area contributed by atoms with Crippen molar-refractivity contribution in [2.45, 2.75) is 45.2 Å². The van der Waals surface area contributed by atoms with Gasteiger partial charge >= 0.3 is 0 Å². The molecule has 2 amide bonds. The number of nitrogens with zero attached hydrogens (tertiary/aromatic N) is 4. The van der Waals surface area contributed by atoms with Crippen molar-refractivity contribution in [2.24, 2.45) is 0 Å². The van der Waals surface area contributed by atoms with Gasteiger partial charge in [-0.3, -0.25) is 9.59 Å². The molecule has 1 saturated heterocycles. The fourth-order valence-corrected chi connectivity index (χ4v) is 4.23. The maximum absolute atomic E-state index is 13.0. The third-order valence-electron chi connectivity index (χ3n) is 5.78. The molecule has 29 heavy (non-hydrogen) atoms. The largest absolute Gasteiger partial charge is 0.496 e. The number of carbonyl (C=O) groups is 2. The van der Waals surface area contributed by atoms with Gasteiger partial charge in [-0.25, -0.2) is 9.97 Å². The van der Waals surface area contributed by atoms with Crippen LogP contribution in [0.25, 0.3) is 0 Å². The van der Waals surface area contributed by atoms with E-state index in [1.165, 1.54) is 0 Å². The molecule has 4 rings (SSSR count). The third kappa shape index (κ3) is 3.81. The van der Waals surface area contributed by atoms with E-state index >= 15 is 0 Å². The van der Waals surface area contributed by atoms with E-state index in [0.717, 1.165) is 42.9 Å². The summed E-state index contributed by atoms with van der Waals surface area (Å²) in [6, 6.07) is 7.24. The van der Waals surface area contributed by atoms with E-state index in [9.17, 15) is 9.59 Å². The number of piperidine rings is 1. The minimum absolute atomic E-state index is 0.0419. The molecule has 0 spiro atoms. The lowest BCUT2D eigenvalue weighted by Crippen LogP contribution is -2.39. The Balaban J connectivity index is 1.54. The number of ether oxygens (including phenoxy) is 1. The van der Waals surface area contributed by atoms with Gasteiger partial charge in [0.2, 0.25) is 5.91 Å². The summed E-state index contributed by atoms with van der Waals surface area (Å²) in [6.07, 6.45) is 5.51. The van der Waals surface area contributed by atoms with E-state index in [4.69, 9.17) is 9.72 Å². The van der Waals surface area contributed by atoms with Crippen LogP contribution in [0.5, 0.6) is 5.75 Å². The van der Waals surface area contributed by atoms with Gasteiger partial charge in [0.05, 0.1) is 24.4 Å². The molecule has 1 aromatic carbocycles. The normalized spacial score (nSPS) is 18.9. The zero-order valence-electron chi connectivity index (χ0n) is 16.9. The molecule has 0 saturated carbocycles. The van der Waals surface area contributed by atoms with Crippen LogP contribution in [0, 0.1) is 0 Å². The highest BCUT2D eigenvalue weighted by Crippen LogP contribution is 2.30. The van der Waals surface area contributed by atoms with Gasteiger partial charge in [0.25, 0.3) is 5.91 Å². The molecule has 0 radical (unpaired) electrons. The van der Waals surface area contributed by atoms with Gasteiger partial charge in [0, 0.05) is 44.7 Å². The Morgan fingerprint density at radius 1 is 1.17 bits per heavy atom. The zero-order valence-corrected chi connectivity index (χ0v) is 16.9. The number of methoxy groups -OCH3 is 1. The lowest BCUT2D eigenvalue weighted by atomic mass is 10.00. The second-order valence-corrected chi connectivity index (χ2v) is 7.60. The van der Waals surface area contributed by atoms with Crippen molar-refractivity contribution in [3.05, 3.63) is 53.1 Å². The monoisotopic (exact) mass is 394 g/mol. The Morgan fingerprint density at radius 2 is 2.00 bits per heavy atom. The van der Waals surface area contributed by atoms with Crippen molar-refractivity contribution in [3.63, 3.8) is 0 Å². The Labute approximate surface area is 170 Å². The van der Waals surface area contributed by atoms with Gasteiger partial charge in [0.1, 0.15) is 5.75 Å².